The highest BCUT2D eigenvalue weighted by atomic mass is 16.5. The Morgan fingerprint density at radius 1 is 1.06 bits per heavy atom. The number of benzene rings is 1. The largest absolute Gasteiger partial charge is 0.468 e. The number of hydrogen-bond donors (Lipinski definition) is 2. The van der Waals surface area contributed by atoms with E-state index in [4.69, 9.17) is 0 Å². The summed E-state index contributed by atoms with van der Waals surface area (Å²) in [6, 6.07) is 8.63. The maximum absolute atomic E-state index is 12.6. The first-order valence-corrected chi connectivity index (χ1v) is 9.38. The number of rotatable bonds is 8. The molecule has 1 atom stereocenters. The molecule has 3 rings (SSSR count). The Morgan fingerprint density at radius 2 is 1.74 bits per heavy atom. The van der Waals surface area contributed by atoms with Crippen LogP contribution >= 0.6 is 0 Å². The van der Waals surface area contributed by atoms with Gasteiger partial charge >= 0.3 is 5.97 Å². The predicted molar refractivity (Wildman–Crippen MR) is 107 cm³/mol. The van der Waals surface area contributed by atoms with E-state index < -0.39 is 42.2 Å². The number of carbonyl (C=O) groups excluding carboxylic acids is 5. The SMILES string of the molecule is COC(=O)CNC(=O)[C@H](Cc1cccnc1)NC(=O)CN1C(=O)c2ccccc2C1=O. The second-order valence-electron chi connectivity index (χ2n) is 6.72. The minimum absolute atomic E-state index is 0.0920. The summed E-state index contributed by atoms with van der Waals surface area (Å²) in [6.45, 7) is -0.909. The Balaban J connectivity index is 1.69. The van der Waals surface area contributed by atoms with E-state index >= 15 is 0 Å². The summed E-state index contributed by atoms with van der Waals surface area (Å²) in [5, 5.41) is 4.91. The smallest absolute Gasteiger partial charge is 0.325 e. The van der Waals surface area contributed by atoms with E-state index in [0.717, 1.165) is 4.90 Å². The van der Waals surface area contributed by atoms with E-state index in [1.807, 2.05) is 0 Å². The standard InChI is InChI=1S/C21H20N4O6/c1-31-18(27)11-23-19(28)16(9-13-5-4-8-22-10-13)24-17(26)12-25-20(29)14-6-2-3-7-15(14)21(25)30/h2-8,10,16H,9,11-12H2,1H3,(H,23,28)(H,24,26)/t16-/m0/s1. The van der Waals surface area contributed by atoms with Crippen molar-refractivity contribution in [3.05, 3.63) is 65.5 Å². The third-order valence-electron chi connectivity index (χ3n) is 4.63. The van der Waals surface area contributed by atoms with Gasteiger partial charge < -0.3 is 15.4 Å². The van der Waals surface area contributed by atoms with Gasteiger partial charge in [-0.15, -0.1) is 0 Å². The number of hydrogen-bond acceptors (Lipinski definition) is 7. The molecular formula is C21H20N4O6. The molecule has 160 valence electrons. The lowest BCUT2D eigenvalue weighted by atomic mass is 10.1. The van der Waals surface area contributed by atoms with E-state index in [9.17, 15) is 24.0 Å². The molecule has 0 saturated carbocycles. The van der Waals surface area contributed by atoms with Gasteiger partial charge in [0.1, 0.15) is 19.1 Å². The molecule has 2 N–H and O–H groups in total. The van der Waals surface area contributed by atoms with Crippen LogP contribution in [0.4, 0.5) is 0 Å². The van der Waals surface area contributed by atoms with E-state index in [0.29, 0.717) is 5.56 Å². The molecule has 0 radical (unpaired) electrons. The summed E-state index contributed by atoms with van der Waals surface area (Å²) in [7, 11) is 1.19. The highest BCUT2D eigenvalue weighted by Crippen LogP contribution is 2.21. The number of nitrogens with zero attached hydrogens (tertiary/aromatic N) is 2. The Labute approximate surface area is 177 Å². The van der Waals surface area contributed by atoms with E-state index in [-0.39, 0.29) is 24.1 Å². The molecule has 4 amide bonds. The number of esters is 1. The first-order chi connectivity index (χ1) is 14.9. The molecule has 1 aromatic carbocycles. The first kappa shape index (κ1) is 21.6. The summed E-state index contributed by atoms with van der Waals surface area (Å²) >= 11 is 0. The van der Waals surface area contributed by atoms with Crippen LogP contribution in [0.25, 0.3) is 0 Å². The highest BCUT2D eigenvalue weighted by Gasteiger charge is 2.36. The number of ether oxygens (including phenoxy) is 1. The van der Waals surface area contributed by atoms with Crippen LogP contribution in [-0.2, 0) is 25.5 Å². The molecule has 31 heavy (non-hydrogen) atoms. The summed E-state index contributed by atoms with van der Waals surface area (Å²) < 4.78 is 4.49. The van der Waals surface area contributed by atoms with Crippen LogP contribution in [0.1, 0.15) is 26.3 Å². The van der Waals surface area contributed by atoms with Crippen molar-refractivity contribution in [2.45, 2.75) is 12.5 Å². The fourth-order valence-electron chi connectivity index (χ4n) is 3.08. The molecule has 10 heteroatoms. The quantitative estimate of drug-likeness (QED) is 0.439. The van der Waals surface area contributed by atoms with Crippen LogP contribution in [-0.4, -0.2) is 65.7 Å². The van der Waals surface area contributed by atoms with Gasteiger partial charge in [0, 0.05) is 18.8 Å². The summed E-state index contributed by atoms with van der Waals surface area (Å²) in [6.07, 6.45) is 3.20. The van der Waals surface area contributed by atoms with Crippen LogP contribution in [0.15, 0.2) is 48.8 Å². The molecule has 0 bridgehead atoms. The normalized spacial score (nSPS) is 13.4. The van der Waals surface area contributed by atoms with Gasteiger partial charge in [0.05, 0.1) is 18.2 Å². The minimum atomic E-state index is -1.06. The van der Waals surface area contributed by atoms with Crippen molar-refractivity contribution in [3.63, 3.8) is 0 Å². The molecule has 1 aromatic heterocycles. The van der Waals surface area contributed by atoms with Crippen molar-refractivity contribution in [1.82, 2.24) is 20.5 Å². The summed E-state index contributed by atoms with van der Waals surface area (Å²) in [4.78, 5) is 66.2. The molecule has 0 fully saturated rings. The number of pyridine rings is 1. The zero-order valence-corrected chi connectivity index (χ0v) is 16.7. The zero-order valence-electron chi connectivity index (χ0n) is 16.7. The van der Waals surface area contributed by atoms with Gasteiger partial charge in [0.25, 0.3) is 11.8 Å². The van der Waals surface area contributed by atoms with E-state index in [1.165, 1.54) is 25.4 Å². The number of fused-ring (bicyclic) bond motifs is 1. The fourth-order valence-corrected chi connectivity index (χ4v) is 3.08. The second kappa shape index (κ2) is 9.61. The molecule has 0 saturated heterocycles. The fraction of sp³-hybridized carbons (Fsp3) is 0.238. The monoisotopic (exact) mass is 424 g/mol. The molecule has 2 aromatic rings. The molecule has 0 aliphatic carbocycles. The van der Waals surface area contributed by atoms with Crippen molar-refractivity contribution in [1.29, 1.82) is 0 Å². The van der Waals surface area contributed by atoms with Crippen molar-refractivity contribution < 1.29 is 28.7 Å². The third kappa shape index (κ3) is 5.10. The van der Waals surface area contributed by atoms with Gasteiger partial charge in [0.15, 0.2) is 0 Å². The Hall–Kier alpha value is -4.08. The third-order valence-corrected chi connectivity index (χ3v) is 4.63. The lowest BCUT2D eigenvalue weighted by Crippen LogP contribution is -2.51. The number of methoxy groups -OCH3 is 1. The van der Waals surface area contributed by atoms with Crippen LogP contribution in [0.3, 0.4) is 0 Å². The highest BCUT2D eigenvalue weighted by molar-refractivity contribution is 6.22. The number of amides is 4. The Kier molecular flexibility index (Phi) is 6.71. The Morgan fingerprint density at radius 3 is 2.32 bits per heavy atom. The maximum Gasteiger partial charge on any atom is 0.325 e. The minimum Gasteiger partial charge on any atom is -0.468 e. The number of imide groups is 1. The van der Waals surface area contributed by atoms with Gasteiger partial charge in [-0.1, -0.05) is 18.2 Å². The number of aromatic nitrogens is 1. The van der Waals surface area contributed by atoms with E-state index in [2.05, 4.69) is 20.4 Å². The maximum atomic E-state index is 12.6. The average molecular weight is 424 g/mol. The van der Waals surface area contributed by atoms with Gasteiger partial charge in [-0.05, 0) is 23.8 Å². The van der Waals surface area contributed by atoms with Crippen molar-refractivity contribution in [2.75, 3.05) is 20.2 Å². The predicted octanol–water partition coefficient (Wildman–Crippen LogP) is -0.306. The van der Waals surface area contributed by atoms with Crippen LogP contribution in [0.5, 0.6) is 0 Å². The number of carbonyl (C=O) groups is 5. The van der Waals surface area contributed by atoms with Gasteiger partial charge in [-0.25, -0.2) is 0 Å². The molecule has 0 unspecified atom stereocenters. The van der Waals surface area contributed by atoms with Crippen LogP contribution in [0.2, 0.25) is 0 Å². The molecule has 10 nitrogen and oxygen atoms in total. The topological polar surface area (TPSA) is 135 Å². The van der Waals surface area contributed by atoms with Gasteiger partial charge in [-0.3, -0.25) is 33.9 Å². The van der Waals surface area contributed by atoms with Gasteiger partial charge in [0.2, 0.25) is 11.8 Å². The zero-order chi connectivity index (χ0) is 22.4. The van der Waals surface area contributed by atoms with Crippen LogP contribution in [0, 0.1) is 0 Å². The van der Waals surface area contributed by atoms with Crippen molar-refractivity contribution >= 4 is 29.6 Å². The summed E-state index contributed by atoms with van der Waals surface area (Å²) in [5.41, 5.74) is 1.12. The van der Waals surface area contributed by atoms with Crippen LogP contribution < -0.4 is 10.6 Å². The average Bonchev–Trinajstić information content (AvgIpc) is 3.02. The lowest BCUT2D eigenvalue weighted by Gasteiger charge is -2.20. The molecule has 1 aliphatic heterocycles. The van der Waals surface area contributed by atoms with Crippen molar-refractivity contribution in [3.8, 4) is 0 Å². The second-order valence-corrected chi connectivity index (χ2v) is 6.72. The lowest BCUT2D eigenvalue weighted by molar-refractivity contribution is -0.141. The van der Waals surface area contributed by atoms with Crippen molar-refractivity contribution in [2.24, 2.45) is 0 Å². The molecule has 0 spiro atoms. The number of nitrogens with one attached hydrogen (secondary N) is 2. The summed E-state index contributed by atoms with van der Waals surface area (Å²) in [5.74, 6) is -3.11. The molecular weight excluding hydrogens is 404 g/mol. The molecule has 1 aliphatic rings. The molecule has 2 heterocycles. The Bertz CT molecular complexity index is 989. The van der Waals surface area contributed by atoms with E-state index in [1.54, 1.807) is 30.5 Å². The first-order valence-electron chi connectivity index (χ1n) is 9.38. The van der Waals surface area contributed by atoms with Gasteiger partial charge in [-0.2, -0.15) is 0 Å².